The molecule has 1 rings (SSSR count). The fourth-order valence-electron chi connectivity index (χ4n) is 2.19. The van der Waals surface area contributed by atoms with E-state index in [1.165, 1.54) is 24.8 Å². The van der Waals surface area contributed by atoms with Crippen molar-refractivity contribution in [3.8, 4) is 0 Å². The molecular formula is C15H28N2. The Morgan fingerprint density at radius 2 is 2.06 bits per heavy atom. The standard InChI is InChI=1S/C15H28N2/c1-5-8-15(16-7-3)14-9-10-17(12-14)11-13(4)6-2/h9-10,12-13,15-16H,5-8,11H2,1-4H3. The van der Waals surface area contributed by atoms with Crippen molar-refractivity contribution in [1.82, 2.24) is 9.88 Å². The average Bonchev–Trinajstić information content (AvgIpc) is 2.77. The molecule has 0 aliphatic rings. The lowest BCUT2D eigenvalue weighted by Gasteiger charge is -2.16. The molecule has 98 valence electrons. The highest BCUT2D eigenvalue weighted by molar-refractivity contribution is 5.15. The molecule has 0 saturated heterocycles. The van der Waals surface area contributed by atoms with E-state index in [4.69, 9.17) is 0 Å². The van der Waals surface area contributed by atoms with Crippen LogP contribution in [0.5, 0.6) is 0 Å². The van der Waals surface area contributed by atoms with Gasteiger partial charge in [-0.2, -0.15) is 0 Å². The molecule has 2 atom stereocenters. The summed E-state index contributed by atoms with van der Waals surface area (Å²) in [7, 11) is 0. The minimum Gasteiger partial charge on any atom is -0.354 e. The third-order valence-corrected chi connectivity index (χ3v) is 3.42. The Balaban J connectivity index is 2.63. The third-order valence-electron chi connectivity index (χ3n) is 3.42. The van der Waals surface area contributed by atoms with Gasteiger partial charge in [-0.15, -0.1) is 0 Å². The Morgan fingerprint density at radius 3 is 2.65 bits per heavy atom. The molecular weight excluding hydrogens is 208 g/mol. The SMILES string of the molecule is CCCC(NCC)c1ccn(CC(C)CC)c1. The van der Waals surface area contributed by atoms with Gasteiger partial charge in [0, 0.05) is 25.0 Å². The molecule has 2 nitrogen and oxygen atoms in total. The van der Waals surface area contributed by atoms with Gasteiger partial charge in [0.05, 0.1) is 0 Å². The van der Waals surface area contributed by atoms with Gasteiger partial charge in [0.2, 0.25) is 0 Å². The predicted molar refractivity (Wildman–Crippen MR) is 75.2 cm³/mol. The first-order valence-corrected chi connectivity index (χ1v) is 7.10. The number of nitrogens with zero attached hydrogens (tertiary/aromatic N) is 1. The van der Waals surface area contributed by atoms with Crippen LogP contribution in [0.25, 0.3) is 0 Å². The lowest BCUT2D eigenvalue weighted by molar-refractivity contribution is 0.466. The Hall–Kier alpha value is -0.760. The Bertz CT molecular complexity index is 298. The van der Waals surface area contributed by atoms with Crippen molar-refractivity contribution in [3.05, 3.63) is 24.0 Å². The van der Waals surface area contributed by atoms with Crippen LogP contribution in [-0.4, -0.2) is 11.1 Å². The van der Waals surface area contributed by atoms with E-state index in [1.807, 2.05) is 0 Å². The highest BCUT2D eigenvalue weighted by atomic mass is 15.0. The van der Waals surface area contributed by atoms with E-state index < -0.39 is 0 Å². The molecule has 1 heterocycles. The van der Waals surface area contributed by atoms with Gasteiger partial charge >= 0.3 is 0 Å². The maximum absolute atomic E-state index is 3.57. The van der Waals surface area contributed by atoms with Crippen LogP contribution in [0.4, 0.5) is 0 Å². The molecule has 0 aromatic carbocycles. The van der Waals surface area contributed by atoms with Gasteiger partial charge in [0.1, 0.15) is 0 Å². The maximum Gasteiger partial charge on any atom is 0.0335 e. The first kappa shape index (κ1) is 14.3. The minimum atomic E-state index is 0.531. The van der Waals surface area contributed by atoms with Crippen molar-refractivity contribution < 1.29 is 0 Å². The van der Waals surface area contributed by atoms with Crippen LogP contribution in [0.2, 0.25) is 0 Å². The monoisotopic (exact) mass is 236 g/mol. The number of aromatic nitrogens is 1. The summed E-state index contributed by atoms with van der Waals surface area (Å²) in [6.07, 6.45) is 8.24. The molecule has 0 fully saturated rings. The van der Waals surface area contributed by atoms with Gasteiger partial charge < -0.3 is 9.88 Å². The number of nitrogens with one attached hydrogen (secondary N) is 1. The fourth-order valence-corrected chi connectivity index (χ4v) is 2.19. The van der Waals surface area contributed by atoms with Crippen LogP contribution in [-0.2, 0) is 6.54 Å². The number of hydrogen-bond acceptors (Lipinski definition) is 1. The molecule has 0 bridgehead atoms. The summed E-state index contributed by atoms with van der Waals surface area (Å²) in [5.41, 5.74) is 1.44. The zero-order valence-corrected chi connectivity index (χ0v) is 11.9. The lowest BCUT2D eigenvalue weighted by Crippen LogP contribution is -2.20. The third kappa shape index (κ3) is 4.55. The summed E-state index contributed by atoms with van der Waals surface area (Å²) in [6, 6.07) is 2.80. The summed E-state index contributed by atoms with van der Waals surface area (Å²) in [4.78, 5) is 0. The van der Waals surface area contributed by atoms with Crippen molar-refractivity contribution in [2.24, 2.45) is 5.92 Å². The van der Waals surface area contributed by atoms with Crippen LogP contribution < -0.4 is 5.32 Å². The summed E-state index contributed by atoms with van der Waals surface area (Å²) in [5.74, 6) is 0.763. The van der Waals surface area contributed by atoms with Crippen molar-refractivity contribution in [3.63, 3.8) is 0 Å². The maximum atomic E-state index is 3.57. The van der Waals surface area contributed by atoms with Crippen LogP contribution in [0.1, 0.15) is 58.6 Å². The zero-order chi connectivity index (χ0) is 12.7. The summed E-state index contributed by atoms with van der Waals surface area (Å²) >= 11 is 0. The highest BCUT2D eigenvalue weighted by Gasteiger charge is 2.10. The Labute approximate surface area is 106 Å². The van der Waals surface area contributed by atoms with E-state index >= 15 is 0 Å². The molecule has 0 amide bonds. The smallest absolute Gasteiger partial charge is 0.0335 e. The normalized spacial score (nSPS) is 14.8. The number of hydrogen-bond donors (Lipinski definition) is 1. The van der Waals surface area contributed by atoms with Crippen molar-refractivity contribution in [2.75, 3.05) is 6.54 Å². The van der Waals surface area contributed by atoms with E-state index in [-0.39, 0.29) is 0 Å². The van der Waals surface area contributed by atoms with Gasteiger partial charge in [0.15, 0.2) is 0 Å². The van der Waals surface area contributed by atoms with Crippen LogP contribution in [0.15, 0.2) is 18.5 Å². The van der Waals surface area contributed by atoms with E-state index in [0.717, 1.165) is 19.0 Å². The van der Waals surface area contributed by atoms with Gasteiger partial charge in [-0.05, 0) is 30.5 Å². The highest BCUT2D eigenvalue weighted by Crippen LogP contribution is 2.19. The Kier molecular flexibility index (Phi) is 6.35. The molecule has 0 radical (unpaired) electrons. The Morgan fingerprint density at radius 1 is 1.29 bits per heavy atom. The molecule has 2 unspecified atom stereocenters. The van der Waals surface area contributed by atoms with E-state index in [2.05, 4.69) is 56.0 Å². The average molecular weight is 236 g/mol. The molecule has 0 saturated carbocycles. The van der Waals surface area contributed by atoms with Gasteiger partial charge in [-0.25, -0.2) is 0 Å². The van der Waals surface area contributed by atoms with Crippen molar-refractivity contribution >= 4 is 0 Å². The fraction of sp³-hybridized carbons (Fsp3) is 0.733. The topological polar surface area (TPSA) is 17.0 Å². The molecule has 2 heteroatoms. The molecule has 0 aliphatic carbocycles. The molecule has 0 spiro atoms. The first-order valence-electron chi connectivity index (χ1n) is 7.10. The quantitative estimate of drug-likeness (QED) is 0.722. The second-order valence-corrected chi connectivity index (χ2v) is 5.05. The van der Waals surface area contributed by atoms with Gasteiger partial charge in [0.25, 0.3) is 0 Å². The first-order chi connectivity index (χ1) is 8.21. The molecule has 17 heavy (non-hydrogen) atoms. The lowest BCUT2D eigenvalue weighted by atomic mass is 10.1. The zero-order valence-electron chi connectivity index (χ0n) is 11.9. The molecule has 0 aliphatic heterocycles. The number of rotatable bonds is 8. The van der Waals surface area contributed by atoms with Crippen LogP contribution in [0.3, 0.4) is 0 Å². The van der Waals surface area contributed by atoms with Crippen LogP contribution in [0, 0.1) is 5.92 Å². The van der Waals surface area contributed by atoms with E-state index in [9.17, 15) is 0 Å². The van der Waals surface area contributed by atoms with Crippen molar-refractivity contribution in [2.45, 2.75) is 59.5 Å². The molecule has 1 aromatic heterocycles. The molecule has 1 aromatic rings. The van der Waals surface area contributed by atoms with Gasteiger partial charge in [-0.1, -0.05) is 40.5 Å². The van der Waals surface area contributed by atoms with Crippen molar-refractivity contribution in [1.29, 1.82) is 0 Å². The van der Waals surface area contributed by atoms with E-state index in [0.29, 0.717) is 6.04 Å². The molecule has 1 N–H and O–H groups in total. The summed E-state index contributed by atoms with van der Waals surface area (Å²) < 4.78 is 2.34. The second-order valence-electron chi connectivity index (χ2n) is 5.05. The van der Waals surface area contributed by atoms with Gasteiger partial charge in [-0.3, -0.25) is 0 Å². The van der Waals surface area contributed by atoms with E-state index in [1.54, 1.807) is 0 Å². The largest absolute Gasteiger partial charge is 0.354 e. The summed E-state index contributed by atoms with van der Waals surface area (Å²) in [6.45, 7) is 11.2. The minimum absolute atomic E-state index is 0.531. The second kappa shape index (κ2) is 7.54. The summed E-state index contributed by atoms with van der Waals surface area (Å²) in [5, 5.41) is 3.57. The van der Waals surface area contributed by atoms with Crippen LogP contribution >= 0.6 is 0 Å². The predicted octanol–water partition coefficient (Wildman–Crippen LogP) is 3.98.